The Morgan fingerprint density at radius 2 is 1.61 bits per heavy atom. The van der Waals surface area contributed by atoms with Crippen molar-refractivity contribution in [3.63, 3.8) is 0 Å². The Balaban J connectivity index is 2.09. The van der Waals surface area contributed by atoms with Gasteiger partial charge < -0.3 is 20.4 Å². The van der Waals surface area contributed by atoms with Crippen LogP contribution in [0.25, 0.3) is 11.0 Å². The van der Waals surface area contributed by atoms with Gasteiger partial charge in [0, 0.05) is 16.6 Å². The van der Waals surface area contributed by atoms with Crippen LogP contribution in [-0.2, 0) is 10.8 Å². The van der Waals surface area contributed by atoms with Gasteiger partial charge in [0.25, 0.3) is 5.91 Å². The number of hydrogen-bond donors (Lipinski definition) is 4. The molecule has 3 rings (SSSR count). The van der Waals surface area contributed by atoms with Gasteiger partial charge in [-0.3, -0.25) is 10.2 Å². The summed E-state index contributed by atoms with van der Waals surface area (Å²) in [5.74, 6) is 0.0189. The molecule has 0 saturated carbocycles. The molecule has 0 unspecified atom stereocenters. The molecule has 2 aromatic carbocycles. The van der Waals surface area contributed by atoms with E-state index in [4.69, 9.17) is 15.6 Å². The van der Waals surface area contributed by atoms with Crippen molar-refractivity contribution in [2.45, 2.75) is 52.4 Å². The number of amidine groups is 1. The smallest absolute Gasteiger partial charge is 0.291 e. The van der Waals surface area contributed by atoms with Crippen LogP contribution in [0.2, 0.25) is 0 Å². The highest BCUT2D eigenvalue weighted by molar-refractivity contribution is 6.06. The van der Waals surface area contributed by atoms with Crippen LogP contribution in [0.5, 0.6) is 5.75 Å². The van der Waals surface area contributed by atoms with Crippen LogP contribution in [0.15, 0.2) is 40.8 Å². The van der Waals surface area contributed by atoms with E-state index in [1.54, 1.807) is 36.4 Å². The van der Waals surface area contributed by atoms with Crippen molar-refractivity contribution in [2.75, 3.05) is 5.32 Å². The van der Waals surface area contributed by atoms with Crippen LogP contribution in [0.4, 0.5) is 5.69 Å². The number of carbonyl (C=O) groups is 1. The van der Waals surface area contributed by atoms with Crippen LogP contribution in [0, 0.1) is 5.41 Å². The molecule has 1 heterocycles. The normalized spacial score (nSPS) is 12.1. The van der Waals surface area contributed by atoms with E-state index in [2.05, 4.69) is 10.2 Å². The zero-order chi connectivity index (χ0) is 23.1. The number of hydrogen-bond acceptors (Lipinski definition) is 5. The molecule has 3 aromatic rings. The van der Waals surface area contributed by atoms with E-state index in [1.807, 2.05) is 41.5 Å². The van der Waals surface area contributed by atoms with Gasteiger partial charge in [0.05, 0.1) is 0 Å². The molecule has 0 aliphatic rings. The maximum atomic E-state index is 13.2. The molecule has 0 spiro atoms. The Hall–Kier alpha value is -3.32. The molecule has 7 nitrogen and oxygen atoms in total. The Morgan fingerprint density at radius 1 is 1.03 bits per heavy atom. The number of amides is 1. The number of furan rings is 1. The fourth-order valence-electron chi connectivity index (χ4n) is 3.48. The Bertz CT molecular complexity index is 1130. The highest BCUT2D eigenvalue weighted by Gasteiger charge is 2.29. The maximum absolute atomic E-state index is 13.2. The summed E-state index contributed by atoms with van der Waals surface area (Å²) < 4.78 is 5.74. The zero-order valence-electron chi connectivity index (χ0n) is 18.7. The van der Waals surface area contributed by atoms with Gasteiger partial charge in [0.1, 0.15) is 11.4 Å². The first-order valence-corrected chi connectivity index (χ1v) is 10.0. The largest absolute Gasteiger partial charge is 0.451 e. The van der Waals surface area contributed by atoms with E-state index in [-0.39, 0.29) is 22.4 Å². The number of fused-ring (bicyclic) bond motifs is 1. The minimum Gasteiger partial charge on any atom is -0.451 e. The van der Waals surface area contributed by atoms with E-state index in [1.165, 1.54) is 0 Å². The molecule has 0 bridgehead atoms. The number of nitrogen functional groups attached to an aromatic ring is 1. The molecule has 0 fully saturated rings. The predicted octanol–water partition coefficient (Wildman–Crippen LogP) is 5.42. The van der Waals surface area contributed by atoms with Crippen molar-refractivity contribution in [1.29, 1.82) is 5.41 Å². The van der Waals surface area contributed by atoms with Crippen LogP contribution >= 0.6 is 0 Å². The third-order valence-electron chi connectivity index (χ3n) is 5.12. The van der Waals surface area contributed by atoms with Gasteiger partial charge in [-0.15, -0.1) is 0 Å². The minimum absolute atomic E-state index is 0.0510. The molecular weight excluding hydrogens is 394 g/mol. The number of carbonyl (C=O) groups excluding carboxylic acids is 1. The Morgan fingerprint density at radius 3 is 2.10 bits per heavy atom. The first kappa shape index (κ1) is 22.4. The van der Waals surface area contributed by atoms with Gasteiger partial charge in [0.15, 0.2) is 11.5 Å². The average Bonchev–Trinajstić information content (AvgIpc) is 3.09. The highest BCUT2D eigenvalue weighted by Crippen LogP contribution is 2.41. The number of benzene rings is 2. The lowest BCUT2D eigenvalue weighted by Crippen LogP contribution is -2.24. The predicted molar refractivity (Wildman–Crippen MR) is 122 cm³/mol. The third-order valence-corrected chi connectivity index (χ3v) is 5.12. The molecule has 0 saturated heterocycles. The second-order valence-corrected chi connectivity index (χ2v) is 9.72. The van der Waals surface area contributed by atoms with Crippen molar-refractivity contribution in [3.05, 3.63) is 58.8 Å². The van der Waals surface area contributed by atoms with Crippen LogP contribution in [-0.4, -0.2) is 17.0 Å². The van der Waals surface area contributed by atoms with Crippen molar-refractivity contribution < 1.29 is 19.4 Å². The lowest BCUT2D eigenvalue weighted by atomic mass is 9.78. The summed E-state index contributed by atoms with van der Waals surface area (Å²) in [4.78, 5) is 17.7. The summed E-state index contributed by atoms with van der Waals surface area (Å²) in [6.45, 7) is 12.1. The first-order valence-electron chi connectivity index (χ1n) is 10.0. The van der Waals surface area contributed by atoms with Gasteiger partial charge in [0.2, 0.25) is 0 Å². The molecule has 1 aromatic heterocycles. The first-order chi connectivity index (χ1) is 14.3. The van der Waals surface area contributed by atoms with Gasteiger partial charge in [-0.1, -0.05) is 41.5 Å². The van der Waals surface area contributed by atoms with Crippen molar-refractivity contribution in [3.8, 4) is 5.75 Å². The Labute approximate surface area is 181 Å². The van der Waals surface area contributed by atoms with Gasteiger partial charge >= 0.3 is 0 Å². The van der Waals surface area contributed by atoms with Crippen molar-refractivity contribution >= 4 is 28.4 Å². The number of nitrogens with one attached hydrogen (secondary N) is 2. The van der Waals surface area contributed by atoms with E-state index in [0.29, 0.717) is 28.0 Å². The van der Waals surface area contributed by atoms with E-state index in [0.717, 1.165) is 11.1 Å². The highest BCUT2D eigenvalue weighted by atomic mass is 17.1. The third kappa shape index (κ3) is 4.56. The van der Waals surface area contributed by atoms with Crippen LogP contribution in [0.3, 0.4) is 0 Å². The summed E-state index contributed by atoms with van der Waals surface area (Å²) in [7, 11) is 0. The molecule has 1 amide bonds. The van der Waals surface area contributed by atoms with Crippen molar-refractivity contribution in [2.24, 2.45) is 5.73 Å². The summed E-state index contributed by atoms with van der Waals surface area (Å²) >= 11 is 0. The summed E-state index contributed by atoms with van der Waals surface area (Å²) in [6.07, 6.45) is 0. The lowest BCUT2D eigenvalue weighted by molar-refractivity contribution is -0.137. The fourth-order valence-corrected chi connectivity index (χ4v) is 3.48. The van der Waals surface area contributed by atoms with E-state index >= 15 is 0 Å². The van der Waals surface area contributed by atoms with E-state index < -0.39 is 5.91 Å². The van der Waals surface area contributed by atoms with Crippen LogP contribution in [0.1, 0.15) is 68.8 Å². The fraction of sp³-hybridized carbons (Fsp3) is 0.333. The second-order valence-electron chi connectivity index (χ2n) is 9.72. The SMILES string of the molecule is CC(C)(C)c1cc(OO)cc(C(C)(C)C)c1NC(=O)c1cc2cc(C(=N)N)ccc2o1. The monoisotopic (exact) mass is 423 g/mol. The molecule has 0 radical (unpaired) electrons. The Kier molecular flexibility index (Phi) is 5.58. The summed E-state index contributed by atoms with van der Waals surface area (Å²) in [6, 6.07) is 10.2. The van der Waals surface area contributed by atoms with Gasteiger partial charge in [-0.05, 0) is 58.4 Å². The molecule has 0 aliphatic heterocycles. The van der Waals surface area contributed by atoms with Gasteiger partial charge in [-0.2, -0.15) is 0 Å². The molecule has 5 N–H and O–H groups in total. The minimum atomic E-state index is -0.394. The molecule has 0 aliphatic carbocycles. The number of anilines is 1. The van der Waals surface area contributed by atoms with Crippen molar-refractivity contribution in [1.82, 2.24) is 0 Å². The molecule has 0 atom stereocenters. The number of nitrogens with two attached hydrogens (primary N) is 1. The molecule has 164 valence electrons. The van der Waals surface area contributed by atoms with Crippen LogP contribution < -0.4 is 15.9 Å². The second kappa shape index (κ2) is 7.74. The topological polar surface area (TPSA) is 122 Å². The molecular formula is C24H29N3O4. The average molecular weight is 424 g/mol. The lowest BCUT2D eigenvalue weighted by Gasteiger charge is -2.30. The summed E-state index contributed by atoms with van der Waals surface area (Å²) in [5.41, 5.74) is 8.30. The summed E-state index contributed by atoms with van der Waals surface area (Å²) in [5, 5.41) is 20.6. The van der Waals surface area contributed by atoms with E-state index in [9.17, 15) is 10.1 Å². The number of rotatable bonds is 4. The molecule has 31 heavy (non-hydrogen) atoms. The maximum Gasteiger partial charge on any atom is 0.291 e. The molecule has 7 heteroatoms. The van der Waals surface area contributed by atoms with Gasteiger partial charge in [-0.25, -0.2) is 5.26 Å². The zero-order valence-corrected chi connectivity index (χ0v) is 18.7. The standard InChI is InChI=1S/C24H29N3O4/c1-23(2,3)16-11-15(31-29)12-17(24(4,5)6)20(16)27-22(28)19-10-14-9-13(21(25)26)7-8-18(14)30-19/h7-12,29H,1-6H3,(H3,25,26)(H,27,28). The quantitative estimate of drug-likeness (QED) is 0.193.